The number of fused-ring (bicyclic) bond motifs is 1. The van der Waals surface area contributed by atoms with Crippen molar-refractivity contribution in [3.05, 3.63) is 65.9 Å². The fourth-order valence-electron chi connectivity index (χ4n) is 4.40. The average molecular weight is 425 g/mol. The third kappa shape index (κ3) is 4.89. The Morgan fingerprint density at radius 2 is 1.87 bits per heavy atom. The lowest BCUT2D eigenvalue weighted by Gasteiger charge is -2.28. The van der Waals surface area contributed by atoms with Crippen molar-refractivity contribution >= 4 is 22.9 Å². The molecule has 3 N–H and O–H groups in total. The van der Waals surface area contributed by atoms with Gasteiger partial charge in [0.05, 0.1) is 0 Å². The van der Waals surface area contributed by atoms with E-state index in [1.54, 1.807) is 0 Å². The molecule has 1 aromatic heterocycles. The normalized spacial score (nSPS) is 18.1. The van der Waals surface area contributed by atoms with Gasteiger partial charge in [-0.3, -0.25) is 0 Å². The predicted molar refractivity (Wildman–Crippen MR) is 124 cm³/mol. The first-order valence-electron chi connectivity index (χ1n) is 11.0. The van der Waals surface area contributed by atoms with E-state index in [-0.39, 0.29) is 12.8 Å². The Balaban J connectivity index is 1.67. The molecule has 2 aromatic rings. The van der Waals surface area contributed by atoms with Gasteiger partial charge in [0.25, 0.3) is 0 Å². The average Bonchev–Trinajstić information content (AvgIpc) is 2.93. The quantitative estimate of drug-likeness (QED) is 0.656. The minimum absolute atomic E-state index is 0.0707. The molecule has 2 aliphatic rings. The summed E-state index contributed by atoms with van der Waals surface area (Å²) in [5.41, 5.74) is 11.9. The highest BCUT2D eigenvalue weighted by molar-refractivity contribution is 5.82. The second-order valence-electron chi connectivity index (χ2n) is 8.58. The maximum Gasteiger partial charge on any atom is 0.249 e. The van der Waals surface area contributed by atoms with Crippen LogP contribution < -0.4 is 16.0 Å². The summed E-state index contributed by atoms with van der Waals surface area (Å²) < 4.78 is 28.0. The van der Waals surface area contributed by atoms with E-state index in [4.69, 9.17) is 10.7 Å². The lowest BCUT2D eigenvalue weighted by molar-refractivity contribution is -0.0102. The molecule has 0 spiro atoms. The summed E-state index contributed by atoms with van der Waals surface area (Å²) in [6.07, 6.45) is 4.42. The summed E-state index contributed by atoms with van der Waals surface area (Å²) in [5, 5.41) is 3.37. The highest BCUT2D eigenvalue weighted by Crippen LogP contribution is 2.35. The second-order valence-corrected chi connectivity index (χ2v) is 8.58. The van der Waals surface area contributed by atoms with Crippen LogP contribution in [0.15, 0.2) is 43.5 Å². The molecule has 4 rings (SSSR count). The first kappa shape index (κ1) is 21.3. The van der Waals surface area contributed by atoms with Crippen molar-refractivity contribution in [3.8, 4) is 0 Å². The van der Waals surface area contributed by atoms with E-state index in [1.165, 1.54) is 5.56 Å². The lowest BCUT2D eigenvalue weighted by atomic mass is 9.94. The summed E-state index contributed by atoms with van der Waals surface area (Å²) in [4.78, 5) is 6.99. The van der Waals surface area contributed by atoms with Crippen molar-refractivity contribution in [3.63, 3.8) is 0 Å². The number of nitrogens with one attached hydrogen (secondary N) is 1. The molecule has 6 heteroatoms. The van der Waals surface area contributed by atoms with Crippen LogP contribution in [0.3, 0.4) is 0 Å². The minimum atomic E-state index is -2.61. The number of hydrogen-bond donors (Lipinski definition) is 2. The molecule has 0 radical (unpaired) electrons. The third-order valence-electron chi connectivity index (χ3n) is 6.15. The van der Waals surface area contributed by atoms with Gasteiger partial charge in [-0.15, -0.1) is 0 Å². The van der Waals surface area contributed by atoms with Crippen molar-refractivity contribution in [2.24, 2.45) is 5.73 Å². The molecule has 0 atom stereocenters. The van der Waals surface area contributed by atoms with Gasteiger partial charge in [-0.1, -0.05) is 25.3 Å². The molecule has 164 valence electrons. The molecule has 1 aliphatic carbocycles. The SMILES string of the molecule is C=C(N)c1cccc(NC(=C)c2cc3c(nc2N2CCCC(F)(F)CC2)CCCC3)c1. The Morgan fingerprint density at radius 3 is 2.68 bits per heavy atom. The van der Waals surface area contributed by atoms with E-state index >= 15 is 0 Å². The number of rotatable bonds is 5. The number of hydrogen-bond acceptors (Lipinski definition) is 4. The molecule has 2 heterocycles. The van der Waals surface area contributed by atoms with Gasteiger partial charge < -0.3 is 16.0 Å². The van der Waals surface area contributed by atoms with Crippen LogP contribution >= 0.6 is 0 Å². The number of alkyl halides is 2. The topological polar surface area (TPSA) is 54.2 Å². The van der Waals surface area contributed by atoms with E-state index in [2.05, 4.69) is 24.5 Å². The first-order chi connectivity index (χ1) is 14.8. The molecule has 0 saturated carbocycles. The van der Waals surface area contributed by atoms with Crippen molar-refractivity contribution in [2.75, 3.05) is 23.3 Å². The van der Waals surface area contributed by atoms with Crippen LogP contribution in [0.25, 0.3) is 11.4 Å². The zero-order valence-corrected chi connectivity index (χ0v) is 17.9. The molecule has 1 saturated heterocycles. The number of anilines is 2. The molecule has 0 unspecified atom stereocenters. The molecule has 1 aromatic carbocycles. The van der Waals surface area contributed by atoms with E-state index in [0.717, 1.165) is 54.0 Å². The van der Waals surface area contributed by atoms with Crippen LogP contribution in [0.5, 0.6) is 0 Å². The van der Waals surface area contributed by atoms with Crippen LogP contribution in [0.4, 0.5) is 20.3 Å². The molecule has 1 aliphatic heterocycles. The maximum absolute atomic E-state index is 14.0. The van der Waals surface area contributed by atoms with Crippen LogP contribution in [0, 0.1) is 0 Å². The summed E-state index contributed by atoms with van der Waals surface area (Å²) in [6.45, 7) is 8.94. The molecular weight excluding hydrogens is 394 g/mol. The summed E-state index contributed by atoms with van der Waals surface area (Å²) in [7, 11) is 0. The number of nitrogens with zero attached hydrogens (tertiary/aromatic N) is 2. The number of aryl methyl sites for hydroxylation is 2. The third-order valence-corrected chi connectivity index (χ3v) is 6.15. The van der Waals surface area contributed by atoms with Crippen LogP contribution in [0.1, 0.15) is 54.5 Å². The fraction of sp³-hybridized carbons (Fsp3) is 0.400. The largest absolute Gasteiger partial charge is 0.399 e. The van der Waals surface area contributed by atoms with Gasteiger partial charge in [0.1, 0.15) is 5.82 Å². The molecule has 1 fully saturated rings. The molecule has 0 bridgehead atoms. The summed E-state index contributed by atoms with van der Waals surface area (Å²) in [5.74, 6) is -1.85. The van der Waals surface area contributed by atoms with Crippen LogP contribution in [-0.4, -0.2) is 24.0 Å². The summed E-state index contributed by atoms with van der Waals surface area (Å²) in [6, 6.07) is 9.83. The first-order valence-corrected chi connectivity index (χ1v) is 11.0. The minimum Gasteiger partial charge on any atom is -0.399 e. The van der Waals surface area contributed by atoms with Gasteiger partial charge in [0, 0.05) is 54.3 Å². The van der Waals surface area contributed by atoms with E-state index in [0.29, 0.717) is 30.9 Å². The highest BCUT2D eigenvalue weighted by Gasteiger charge is 2.33. The number of aromatic nitrogens is 1. The Kier molecular flexibility index (Phi) is 5.99. The van der Waals surface area contributed by atoms with Crippen molar-refractivity contribution in [1.29, 1.82) is 0 Å². The Hall–Kier alpha value is -2.89. The second kappa shape index (κ2) is 8.69. The lowest BCUT2D eigenvalue weighted by Crippen LogP contribution is -2.28. The van der Waals surface area contributed by atoms with Crippen molar-refractivity contribution in [2.45, 2.75) is 50.9 Å². The van der Waals surface area contributed by atoms with E-state index < -0.39 is 5.92 Å². The number of benzene rings is 1. The summed E-state index contributed by atoms with van der Waals surface area (Å²) >= 11 is 0. The predicted octanol–water partition coefficient (Wildman–Crippen LogP) is 5.60. The van der Waals surface area contributed by atoms with Gasteiger partial charge in [0.15, 0.2) is 0 Å². The molecule has 0 amide bonds. The van der Waals surface area contributed by atoms with Crippen molar-refractivity contribution in [1.82, 2.24) is 4.98 Å². The van der Waals surface area contributed by atoms with Gasteiger partial charge in [-0.05, 0) is 61.4 Å². The number of halogens is 2. The van der Waals surface area contributed by atoms with Crippen LogP contribution in [0.2, 0.25) is 0 Å². The fourth-order valence-corrected chi connectivity index (χ4v) is 4.40. The van der Waals surface area contributed by atoms with Gasteiger partial charge in [-0.25, -0.2) is 13.8 Å². The molecule has 4 nitrogen and oxygen atoms in total. The molecular formula is C25H30F2N4. The monoisotopic (exact) mass is 424 g/mol. The Labute approximate surface area is 182 Å². The van der Waals surface area contributed by atoms with Gasteiger partial charge in [0.2, 0.25) is 5.92 Å². The number of pyridine rings is 1. The van der Waals surface area contributed by atoms with Crippen LogP contribution in [-0.2, 0) is 12.8 Å². The zero-order valence-electron chi connectivity index (χ0n) is 17.9. The highest BCUT2D eigenvalue weighted by atomic mass is 19.3. The standard InChI is InChI=1S/C25H30F2N4/c1-17(28)19-8-5-9-21(15-19)29-18(2)22-16-20-7-3-4-10-23(20)30-24(22)31-13-6-11-25(26,27)12-14-31/h5,8-9,15-16,29H,1-4,6-7,10-14,28H2. The zero-order chi connectivity index (χ0) is 22.0. The number of nitrogens with two attached hydrogens (primary N) is 1. The van der Waals surface area contributed by atoms with E-state index in [9.17, 15) is 8.78 Å². The Morgan fingerprint density at radius 1 is 1.06 bits per heavy atom. The smallest absolute Gasteiger partial charge is 0.249 e. The molecule has 31 heavy (non-hydrogen) atoms. The van der Waals surface area contributed by atoms with Gasteiger partial charge >= 0.3 is 0 Å². The maximum atomic E-state index is 14.0. The Bertz CT molecular complexity index is 999. The van der Waals surface area contributed by atoms with E-state index in [1.807, 2.05) is 29.2 Å². The van der Waals surface area contributed by atoms with Gasteiger partial charge in [-0.2, -0.15) is 0 Å². The van der Waals surface area contributed by atoms with Crippen molar-refractivity contribution < 1.29 is 8.78 Å².